The monoisotopic (exact) mass is 414 g/mol. The van der Waals surface area contributed by atoms with Crippen molar-refractivity contribution in [2.75, 3.05) is 15.8 Å². The fourth-order valence-corrected chi connectivity index (χ4v) is 3.39. The van der Waals surface area contributed by atoms with E-state index in [-0.39, 0.29) is 23.3 Å². The topological polar surface area (TPSA) is 104 Å². The van der Waals surface area contributed by atoms with Crippen LogP contribution in [0.25, 0.3) is 0 Å². The molecule has 1 heterocycles. The molecule has 0 fully saturated rings. The summed E-state index contributed by atoms with van der Waals surface area (Å²) in [6, 6.07) is 6.41. The van der Waals surface area contributed by atoms with Crippen LogP contribution in [0.3, 0.4) is 0 Å². The number of carbonyl (C=O) groups is 1. The molecule has 9 heteroatoms. The second-order valence-corrected chi connectivity index (χ2v) is 8.30. The molecule has 0 atom stereocenters. The van der Waals surface area contributed by atoms with Crippen molar-refractivity contribution in [3.63, 3.8) is 0 Å². The summed E-state index contributed by atoms with van der Waals surface area (Å²) in [5.41, 5.74) is 2.11. The Labute approximate surface area is 149 Å². The first kappa shape index (κ1) is 18.5. The maximum Gasteiger partial charge on any atom is 0.277 e. The second kappa shape index (κ2) is 7.35. The maximum absolute atomic E-state index is 12.3. The van der Waals surface area contributed by atoms with Gasteiger partial charge in [-0.25, -0.2) is 8.42 Å². The molecule has 0 bridgehead atoms. The molecule has 2 rings (SSSR count). The highest BCUT2D eigenvalue weighted by Gasteiger charge is 2.19. The van der Waals surface area contributed by atoms with Gasteiger partial charge >= 0.3 is 0 Å². The quantitative estimate of drug-likeness (QED) is 0.673. The Bertz CT molecular complexity index is 829. The predicted octanol–water partition coefficient (Wildman–Crippen LogP) is 3.31. The molecule has 0 aliphatic rings. The van der Waals surface area contributed by atoms with Gasteiger partial charge in [0.25, 0.3) is 5.91 Å². The van der Waals surface area contributed by atoms with Gasteiger partial charge in [0.15, 0.2) is 5.69 Å². The van der Waals surface area contributed by atoms with Crippen LogP contribution in [-0.2, 0) is 10.0 Å². The first-order valence-electron chi connectivity index (χ1n) is 7.39. The van der Waals surface area contributed by atoms with E-state index in [0.29, 0.717) is 15.8 Å². The van der Waals surface area contributed by atoms with Gasteiger partial charge in [-0.15, -0.1) is 0 Å². The van der Waals surface area contributed by atoms with Crippen LogP contribution in [-0.4, -0.2) is 30.3 Å². The molecule has 0 aliphatic carbocycles. The molecule has 1 aromatic carbocycles. The van der Waals surface area contributed by atoms with Gasteiger partial charge in [0, 0.05) is 11.4 Å². The molecule has 2 aromatic rings. The molecule has 7 nitrogen and oxygen atoms in total. The third kappa shape index (κ3) is 4.35. The second-order valence-electron chi connectivity index (χ2n) is 5.49. The Morgan fingerprint density at radius 3 is 2.33 bits per heavy atom. The van der Waals surface area contributed by atoms with E-state index in [2.05, 4.69) is 36.2 Å². The molecule has 0 spiro atoms. The first-order chi connectivity index (χ1) is 11.2. The van der Waals surface area contributed by atoms with Crippen molar-refractivity contribution in [2.45, 2.75) is 26.7 Å². The highest BCUT2D eigenvalue weighted by molar-refractivity contribution is 9.10. The number of H-pyrrole nitrogens is 1. The van der Waals surface area contributed by atoms with E-state index in [9.17, 15) is 13.2 Å². The zero-order valence-corrected chi connectivity index (χ0v) is 16.0. The van der Waals surface area contributed by atoms with Crippen molar-refractivity contribution in [3.8, 4) is 0 Å². The average Bonchev–Trinajstić information content (AvgIpc) is 2.91. The van der Waals surface area contributed by atoms with Gasteiger partial charge in [0.2, 0.25) is 10.0 Å². The molecule has 130 valence electrons. The lowest BCUT2D eigenvalue weighted by molar-refractivity contribution is 0.102. The molecule has 0 saturated heterocycles. The molecule has 3 N–H and O–H groups in total. The molecular formula is C15H19BrN4O3S. The minimum Gasteiger partial charge on any atom is -0.321 e. The Morgan fingerprint density at radius 1 is 1.25 bits per heavy atom. The summed E-state index contributed by atoms with van der Waals surface area (Å²) in [6.07, 6.45) is 0. The van der Waals surface area contributed by atoms with Crippen LogP contribution in [0.2, 0.25) is 0 Å². The van der Waals surface area contributed by atoms with Crippen molar-refractivity contribution in [1.29, 1.82) is 0 Å². The lowest BCUT2D eigenvalue weighted by Crippen LogP contribution is -2.15. The Kier molecular flexibility index (Phi) is 5.66. The number of hydrogen-bond donors (Lipinski definition) is 3. The van der Waals surface area contributed by atoms with Gasteiger partial charge in [-0.2, -0.15) is 5.10 Å². The number of amides is 1. The number of nitrogens with one attached hydrogen (secondary N) is 3. The maximum atomic E-state index is 12.3. The van der Waals surface area contributed by atoms with Gasteiger partial charge in [-0.05, 0) is 53.0 Å². The highest BCUT2D eigenvalue weighted by atomic mass is 79.9. The summed E-state index contributed by atoms with van der Waals surface area (Å²) in [7, 11) is -3.32. The van der Waals surface area contributed by atoms with Crippen LogP contribution in [0.4, 0.5) is 11.4 Å². The number of rotatable bonds is 6. The fourth-order valence-electron chi connectivity index (χ4n) is 1.94. The van der Waals surface area contributed by atoms with E-state index in [4.69, 9.17) is 0 Å². The first-order valence-corrected chi connectivity index (χ1v) is 9.83. The van der Waals surface area contributed by atoms with Crippen LogP contribution >= 0.6 is 15.9 Å². The summed E-state index contributed by atoms with van der Waals surface area (Å²) < 4.78 is 26.1. The summed E-state index contributed by atoms with van der Waals surface area (Å²) in [6.45, 7) is 5.55. The minimum atomic E-state index is -3.32. The van der Waals surface area contributed by atoms with E-state index >= 15 is 0 Å². The molecule has 0 aliphatic heterocycles. The SMILES string of the molecule is CCS(=O)(=O)Nc1ccc(NC(=O)c2n[nH]c(C(C)C)c2Br)cc1. The highest BCUT2D eigenvalue weighted by Crippen LogP contribution is 2.26. The van der Waals surface area contributed by atoms with E-state index < -0.39 is 10.0 Å². The van der Waals surface area contributed by atoms with Crippen LogP contribution in [0, 0.1) is 0 Å². The number of benzene rings is 1. The van der Waals surface area contributed by atoms with Crippen molar-refractivity contribution < 1.29 is 13.2 Å². The van der Waals surface area contributed by atoms with E-state index in [1.165, 1.54) is 0 Å². The van der Waals surface area contributed by atoms with Gasteiger partial charge in [0.1, 0.15) is 0 Å². The lowest BCUT2D eigenvalue weighted by atomic mass is 10.1. The molecular weight excluding hydrogens is 396 g/mol. The predicted molar refractivity (Wildman–Crippen MR) is 97.9 cm³/mol. The zero-order valence-electron chi connectivity index (χ0n) is 13.6. The smallest absolute Gasteiger partial charge is 0.277 e. The third-order valence-electron chi connectivity index (χ3n) is 3.32. The number of carbonyl (C=O) groups excluding carboxylic acids is 1. The van der Waals surface area contributed by atoms with Crippen molar-refractivity contribution in [1.82, 2.24) is 10.2 Å². The minimum absolute atomic E-state index is 0.00312. The molecule has 24 heavy (non-hydrogen) atoms. The number of hydrogen-bond acceptors (Lipinski definition) is 4. The number of halogens is 1. The van der Waals surface area contributed by atoms with Gasteiger partial charge in [-0.3, -0.25) is 14.6 Å². The molecule has 1 amide bonds. The van der Waals surface area contributed by atoms with Gasteiger partial charge in [0.05, 0.1) is 15.9 Å². The van der Waals surface area contributed by atoms with Crippen LogP contribution in [0.5, 0.6) is 0 Å². The van der Waals surface area contributed by atoms with Gasteiger partial charge < -0.3 is 5.32 Å². The van der Waals surface area contributed by atoms with Crippen LogP contribution < -0.4 is 10.0 Å². The summed E-state index contributed by atoms with van der Waals surface area (Å²) in [4.78, 5) is 12.3. The Morgan fingerprint density at radius 2 is 1.83 bits per heavy atom. The van der Waals surface area contributed by atoms with Crippen molar-refractivity contribution in [3.05, 3.63) is 40.1 Å². The molecule has 0 unspecified atom stereocenters. The normalized spacial score (nSPS) is 11.5. The Hall–Kier alpha value is -1.87. The number of anilines is 2. The summed E-state index contributed by atoms with van der Waals surface area (Å²) in [5, 5.41) is 9.61. The molecule has 0 saturated carbocycles. The third-order valence-corrected chi connectivity index (χ3v) is 5.43. The summed E-state index contributed by atoms with van der Waals surface area (Å²) in [5.74, 6) is -0.150. The standard InChI is InChI=1S/C15H19BrN4O3S/c1-4-24(22,23)20-11-7-5-10(6-8-11)17-15(21)14-12(16)13(9(2)3)18-19-14/h5-9,20H,4H2,1-3H3,(H,17,21)(H,18,19). The Balaban J connectivity index is 2.10. The fraction of sp³-hybridized carbons (Fsp3) is 0.333. The lowest BCUT2D eigenvalue weighted by Gasteiger charge is -2.08. The van der Waals surface area contributed by atoms with Crippen LogP contribution in [0.15, 0.2) is 28.7 Å². The van der Waals surface area contributed by atoms with Gasteiger partial charge in [-0.1, -0.05) is 13.8 Å². The summed E-state index contributed by atoms with van der Waals surface area (Å²) >= 11 is 3.39. The van der Waals surface area contributed by atoms with E-state index in [0.717, 1.165) is 5.69 Å². The van der Waals surface area contributed by atoms with E-state index in [1.807, 2.05) is 13.8 Å². The molecule has 0 radical (unpaired) electrons. The zero-order chi connectivity index (χ0) is 17.9. The van der Waals surface area contributed by atoms with Crippen LogP contribution in [0.1, 0.15) is 42.9 Å². The number of aromatic nitrogens is 2. The number of nitrogens with zero attached hydrogens (tertiary/aromatic N) is 1. The van der Waals surface area contributed by atoms with Crippen molar-refractivity contribution >= 4 is 43.2 Å². The molecule has 1 aromatic heterocycles. The number of sulfonamides is 1. The van der Waals surface area contributed by atoms with E-state index in [1.54, 1.807) is 31.2 Å². The average molecular weight is 415 g/mol. The number of aromatic amines is 1. The van der Waals surface area contributed by atoms with Crippen molar-refractivity contribution in [2.24, 2.45) is 0 Å². The largest absolute Gasteiger partial charge is 0.321 e.